The highest BCUT2D eigenvalue weighted by Gasteiger charge is 2.26. The molecular weight excluding hydrogens is 220 g/mol. The first-order chi connectivity index (χ1) is 7.72. The normalized spacial score (nSPS) is 25.2. The van der Waals surface area contributed by atoms with Crippen LogP contribution in [0.25, 0.3) is 0 Å². The average Bonchev–Trinajstić information content (AvgIpc) is 2.33. The van der Waals surface area contributed by atoms with Crippen LogP contribution in [0, 0.1) is 11.3 Å². The molecule has 0 N–H and O–H groups in total. The molecule has 0 saturated carbocycles. The summed E-state index contributed by atoms with van der Waals surface area (Å²) in [4.78, 5) is 10.7. The van der Waals surface area contributed by atoms with E-state index in [0.717, 1.165) is 12.3 Å². The lowest BCUT2D eigenvalue weighted by Gasteiger charge is -2.37. The van der Waals surface area contributed by atoms with Crippen molar-refractivity contribution < 1.29 is 0 Å². The van der Waals surface area contributed by atoms with E-state index in [1.807, 2.05) is 17.8 Å². The number of hydrogen-bond donors (Lipinski definition) is 0. The molecule has 1 aromatic rings. The van der Waals surface area contributed by atoms with Crippen molar-refractivity contribution in [3.8, 4) is 6.07 Å². The molecule has 1 aliphatic heterocycles. The van der Waals surface area contributed by atoms with Gasteiger partial charge in [-0.15, -0.1) is 0 Å². The number of rotatable bonds is 1. The van der Waals surface area contributed by atoms with Gasteiger partial charge in [0.05, 0.1) is 0 Å². The molecule has 0 radical (unpaired) electrons. The smallest absolute Gasteiger partial charge is 0.226 e. The first-order valence-corrected chi connectivity index (χ1v) is 6.38. The van der Waals surface area contributed by atoms with Gasteiger partial charge in [0.2, 0.25) is 5.95 Å². The molecule has 0 bridgehead atoms. The van der Waals surface area contributed by atoms with Gasteiger partial charge in [0.1, 0.15) is 11.8 Å². The van der Waals surface area contributed by atoms with Crippen molar-refractivity contribution in [3.63, 3.8) is 0 Å². The molecule has 2 rings (SSSR count). The Kier molecular flexibility index (Phi) is 3.30. The first kappa shape index (κ1) is 11.2. The van der Waals surface area contributed by atoms with Crippen molar-refractivity contribution in [2.75, 3.05) is 17.2 Å². The molecular formula is C11H14N4S. The van der Waals surface area contributed by atoms with E-state index in [1.165, 1.54) is 0 Å². The second-order valence-electron chi connectivity index (χ2n) is 3.86. The van der Waals surface area contributed by atoms with Gasteiger partial charge in [-0.25, -0.2) is 9.97 Å². The van der Waals surface area contributed by atoms with E-state index in [1.54, 1.807) is 12.3 Å². The maximum atomic E-state index is 8.82. The molecule has 0 amide bonds. The van der Waals surface area contributed by atoms with Crippen LogP contribution in [0.3, 0.4) is 0 Å². The minimum atomic E-state index is 0.410. The topological polar surface area (TPSA) is 52.8 Å². The summed E-state index contributed by atoms with van der Waals surface area (Å²) in [6, 6.07) is 4.09. The van der Waals surface area contributed by atoms with Crippen molar-refractivity contribution in [2.24, 2.45) is 0 Å². The quantitative estimate of drug-likeness (QED) is 0.740. The Morgan fingerprint density at radius 1 is 1.56 bits per heavy atom. The molecule has 16 heavy (non-hydrogen) atoms. The van der Waals surface area contributed by atoms with Gasteiger partial charge < -0.3 is 4.90 Å². The molecule has 0 aliphatic carbocycles. The zero-order chi connectivity index (χ0) is 11.5. The van der Waals surface area contributed by atoms with Crippen LogP contribution in [-0.2, 0) is 0 Å². The van der Waals surface area contributed by atoms with Crippen LogP contribution in [0.1, 0.15) is 19.5 Å². The second kappa shape index (κ2) is 4.71. The predicted octanol–water partition coefficient (Wildman–Crippen LogP) is 1.68. The molecule has 1 fully saturated rings. The van der Waals surface area contributed by atoms with Gasteiger partial charge in [-0.05, 0) is 13.0 Å². The van der Waals surface area contributed by atoms with E-state index in [0.29, 0.717) is 22.9 Å². The summed E-state index contributed by atoms with van der Waals surface area (Å²) in [5.41, 5.74) is 0.433. The van der Waals surface area contributed by atoms with Crippen molar-refractivity contribution in [1.29, 1.82) is 5.26 Å². The van der Waals surface area contributed by atoms with Gasteiger partial charge in [0, 0.05) is 29.8 Å². The Hall–Kier alpha value is -1.28. The lowest BCUT2D eigenvalue weighted by Crippen LogP contribution is -2.45. The molecule has 1 aliphatic rings. The molecule has 1 aromatic heterocycles. The number of nitrogens with zero attached hydrogens (tertiary/aromatic N) is 4. The summed E-state index contributed by atoms with van der Waals surface area (Å²) >= 11 is 1.97. The largest absolute Gasteiger partial charge is 0.336 e. The zero-order valence-electron chi connectivity index (χ0n) is 9.42. The summed E-state index contributed by atoms with van der Waals surface area (Å²) in [7, 11) is 0. The number of nitriles is 1. The number of thioether (sulfide) groups is 1. The molecule has 0 spiro atoms. The fourth-order valence-electron chi connectivity index (χ4n) is 1.76. The molecule has 84 valence electrons. The summed E-state index contributed by atoms with van der Waals surface area (Å²) < 4.78 is 0. The molecule has 2 heterocycles. The Morgan fingerprint density at radius 3 is 3.12 bits per heavy atom. The lowest BCUT2D eigenvalue weighted by molar-refractivity contribution is 0.612. The fraction of sp³-hybridized carbons (Fsp3) is 0.545. The third-order valence-corrected chi connectivity index (χ3v) is 4.24. The SMILES string of the molecule is CC1SCCN(c2nccc(C#N)n2)C1C. The van der Waals surface area contributed by atoms with Crippen LogP contribution in [0.15, 0.2) is 12.3 Å². The standard InChI is InChI=1S/C11H14N4S/c1-8-9(2)16-6-5-15(8)11-13-4-3-10(7-12)14-11/h3-4,8-9H,5-6H2,1-2H3. The number of anilines is 1. The zero-order valence-corrected chi connectivity index (χ0v) is 10.2. The maximum Gasteiger partial charge on any atom is 0.226 e. The number of hydrogen-bond acceptors (Lipinski definition) is 5. The highest BCUT2D eigenvalue weighted by atomic mass is 32.2. The van der Waals surface area contributed by atoms with Gasteiger partial charge in [-0.1, -0.05) is 6.92 Å². The van der Waals surface area contributed by atoms with Crippen LogP contribution in [-0.4, -0.2) is 33.6 Å². The minimum absolute atomic E-state index is 0.410. The summed E-state index contributed by atoms with van der Waals surface area (Å²) in [6.45, 7) is 5.35. The van der Waals surface area contributed by atoms with Crippen LogP contribution < -0.4 is 4.90 Å². The molecule has 0 aromatic carbocycles. The highest BCUT2D eigenvalue weighted by molar-refractivity contribution is 8.00. The van der Waals surface area contributed by atoms with Gasteiger partial charge in [-0.3, -0.25) is 0 Å². The third-order valence-electron chi connectivity index (χ3n) is 2.90. The maximum absolute atomic E-state index is 8.82. The highest BCUT2D eigenvalue weighted by Crippen LogP contribution is 2.26. The number of aromatic nitrogens is 2. The first-order valence-electron chi connectivity index (χ1n) is 5.34. The fourth-order valence-corrected chi connectivity index (χ4v) is 2.86. The van der Waals surface area contributed by atoms with E-state index < -0.39 is 0 Å². The third kappa shape index (κ3) is 2.12. The Morgan fingerprint density at radius 2 is 2.38 bits per heavy atom. The lowest BCUT2D eigenvalue weighted by atomic mass is 10.2. The van der Waals surface area contributed by atoms with Gasteiger partial charge in [0.15, 0.2) is 0 Å². The molecule has 2 unspecified atom stereocenters. The second-order valence-corrected chi connectivity index (χ2v) is 5.35. The Bertz CT molecular complexity index is 415. The van der Waals surface area contributed by atoms with Crippen molar-refractivity contribution in [2.45, 2.75) is 25.1 Å². The van der Waals surface area contributed by atoms with E-state index in [2.05, 4.69) is 28.7 Å². The van der Waals surface area contributed by atoms with Crippen LogP contribution >= 0.6 is 11.8 Å². The van der Waals surface area contributed by atoms with Crippen molar-refractivity contribution in [3.05, 3.63) is 18.0 Å². The average molecular weight is 234 g/mol. The summed E-state index contributed by atoms with van der Waals surface area (Å²) in [6.07, 6.45) is 1.65. The Labute approximate surface area is 99.7 Å². The van der Waals surface area contributed by atoms with Gasteiger partial charge in [0.25, 0.3) is 0 Å². The molecule has 4 nitrogen and oxygen atoms in total. The summed E-state index contributed by atoms with van der Waals surface area (Å²) in [5.74, 6) is 1.77. The monoisotopic (exact) mass is 234 g/mol. The van der Waals surface area contributed by atoms with Crippen LogP contribution in [0.4, 0.5) is 5.95 Å². The van der Waals surface area contributed by atoms with E-state index >= 15 is 0 Å². The van der Waals surface area contributed by atoms with E-state index in [-0.39, 0.29) is 0 Å². The van der Waals surface area contributed by atoms with Crippen LogP contribution in [0.2, 0.25) is 0 Å². The molecule has 1 saturated heterocycles. The molecule has 2 atom stereocenters. The summed E-state index contributed by atoms with van der Waals surface area (Å²) in [5, 5.41) is 9.39. The molecule has 5 heteroatoms. The van der Waals surface area contributed by atoms with Gasteiger partial charge >= 0.3 is 0 Å². The van der Waals surface area contributed by atoms with E-state index in [4.69, 9.17) is 5.26 Å². The Balaban J connectivity index is 2.26. The van der Waals surface area contributed by atoms with Gasteiger partial charge in [-0.2, -0.15) is 17.0 Å². The van der Waals surface area contributed by atoms with E-state index in [9.17, 15) is 0 Å². The van der Waals surface area contributed by atoms with Crippen molar-refractivity contribution >= 4 is 17.7 Å². The minimum Gasteiger partial charge on any atom is -0.336 e. The van der Waals surface area contributed by atoms with Crippen LogP contribution in [0.5, 0.6) is 0 Å². The predicted molar refractivity (Wildman–Crippen MR) is 65.5 cm³/mol. The van der Waals surface area contributed by atoms with Crippen molar-refractivity contribution in [1.82, 2.24) is 9.97 Å².